The molecule has 0 atom stereocenters. The summed E-state index contributed by atoms with van der Waals surface area (Å²) < 4.78 is 4.97. The van der Waals surface area contributed by atoms with Crippen LogP contribution in [0.1, 0.15) is 36.7 Å². The topological polar surface area (TPSA) is 63.2 Å². The Bertz CT molecular complexity index is 659. The molecule has 5 heteroatoms. The summed E-state index contributed by atoms with van der Waals surface area (Å²) in [6.07, 6.45) is 1.64. The van der Waals surface area contributed by atoms with Gasteiger partial charge in [-0.3, -0.25) is 4.79 Å². The Labute approximate surface area is 143 Å². The molecule has 0 bridgehead atoms. The molecule has 0 fully saturated rings. The third-order valence-corrected chi connectivity index (χ3v) is 3.65. The van der Waals surface area contributed by atoms with Crippen LogP contribution in [0.5, 0.6) is 0 Å². The highest BCUT2D eigenvalue weighted by atomic mass is 16.5. The maximum atomic E-state index is 12.3. The van der Waals surface area contributed by atoms with Gasteiger partial charge >= 0.3 is 0 Å². The minimum atomic E-state index is -0.141. The molecular weight excluding hydrogens is 302 g/mol. The third-order valence-electron chi connectivity index (χ3n) is 3.65. The molecule has 0 spiro atoms. The lowest BCUT2D eigenvalue weighted by molar-refractivity contribution is 0.102. The fourth-order valence-electron chi connectivity index (χ4n) is 2.18. The van der Waals surface area contributed by atoms with E-state index >= 15 is 0 Å². The van der Waals surface area contributed by atoms with E-state index in [-0.39, 0.29) is 11.3 Å². The normalized spacial score (nSPS) is 11.2. The van der Waals surface area contributed by atoms with Gasteiger partial charge in [-0.2, -0.15) is 0 Å². The SMILES string of the molecule is COCCNc1ccc(NC(=O)c2ccc(C(C)(C)C)cc2)cn1. The number of anilines is 2. The number of carbonyl (C=O) groups excluding carboxylic acids is 1. The summed E-state index contributed by atoms with van der Waals surface area (Å²) in [5.74, 6) is 0.608. The van der Waals surface area contributed by atoms with E-state index in [0.717, 1.165) is 5.82 Å². The number of hydrogen-bond donors (Lipinski definition) is 2. The molecule has 1 aromatic carbocycles. The van der Waals surface area contributed by atoms with E-state index in [1.54, 1.807) is 13.3 Å². The number of rotatable bonds is 6. The molecule has 0 aliphatic rings. The summed E-state index contributed by atoms with van der Waals surface area (Å²) >= 11 is 0. The molecule has 1 aromatic heterocycles. The molecule has 24 heavy (non-hydrogen) atoms. The fourth-order valence-corrected chi connectivity index (χ4v) is 2.18. The first-order chi connectivity index (χ1) is 11.4. The zero-order chi connectivity index (χ0) is 17.6. The summed E-state index contributed by atoms with van der Waals surface area (Å²) in [4.78, 5) is 16.6. The monoisotopic (exact) mass is 327 g/mol. The molecular formula is C19H25N3O2. The molecule has 128 valence electrons. The highest BCUT2D eigenvalue weighted by molar-refractivity contribution is 6.04. The van der Waals surface area contributed by atoms with E-state index in [9.17, 15) is 4.79 Å². The Morgan fingerprint density at radius 1 is 1.12 bits per heavy atom. The second-order valence-electron chi connectivity index (χ2n) is 6.63. The number of ether oxygens (including phenoxy) is 1. The predicted octanol–water partition coefficient (Wildman–Crippen LogP) is 3.69. The Kier molecular flexibility index (Phi) is 5.93. The molecule has 1 amide bonds. The van der Waals surface area contributed by atoms with Crippen molar-refractivity contribution in [2.75, 3.05) is 30.9 Å². The van der Waals surface area contributed by atoms with Crippen molar-refractivity contribution in [2.24, 2.45) is 0 Å². The minimum Gasteiger partial charge on any atom is -0.383 e. The zero-order valence-corrected chi connectivity index (χ0v) is 14.7. The van der Waals surface area contributed by atoms with Crippen LogP contribution in [0.25, 0.3) is 0 Å². The van der Waals surface area contributed by atoms with Crippen molar-refractivity contribution in [3.63, 3.8) is 0 Å². The van der Waals surface area contributed by atoms with Crippen LogP contribution in [0.2, 0.25) is 0 Å². The average Bonchev–Trinajstić information content (AvgIpc) is 2.56. The van der Waals surface area contributed by atoms with Crippen molar-refractivity contribution in [3.05, 3.63) is 53.7 Å². The zero-order valence-electron chi connectivity index (χ0n) is 14.7. The van der Waals surface area contributed by atoms with Gasteiger partial charge < -0.3 is 15.4 Å². The van der Waals surface area contributed by atoms with Gasteiger partial charge in [-0.25, -0.2) is 4.98 Å². The molecule has 2 aromatic rings. The summed E-state index contributed by atoms with van der Waals surface area (Å²) in [6.45, 7) is 7.75. The Morgan fingerprint density at radius 2 is 1.83 bits per heavy atom. The van der Waals surface area contributed by atoms with E-state index in [0.29, 0.717) is 24.4 Å². The Hall–Kier alpha value is -2.40. The van der Waals surface area contributed by atoms with Crippen LogP contribution in [0.4, 0.5) is 11.5 Å². The van der Waals surface area contributed by atoms with Gasteiger partial charge in [0.2, 0.25) is 0 Å². The van der Waals surface area contributed by atoms with E-state index < -0.39 is 0 Å². The van der Waals surface area contributed by atoms with Crippen molar-refractivity contribution in [1.82, 2.24) is 4.98 Å². The quantitative estimate of drug-likeness (QED) is 0.794. The smallest absolute Gasteiger partial charge is 0.255 e. The van der Waals surface area contributed by atoms with Gasteiger partial charge in [0, 0.05) is 19.2 Å². The van der Waals surface area contributed by atoms with Crippen LogP contribution in [0.15, 0.2) is 42.6 Å². The van der Waals surface area contributed by atoms with Gasteiger partial charge in [0.25, 0.3) is 5.91 Å². The average molecular weight is 327 g/mol. The van der Waals surface area contributed by atoms with Crippen molar-refractivity contribution < 1.29 is 9.53 Å². The summed E-state index contributed by atoms with van der Waals surface area (Å²) in [5.41, 5.74) is 2.57. The van der Waals surface area contributed by atoms with Crippen LogP contribution >= 0.6 is 0 Å². The molecule has 2 N–H and O–H groups in total. The number of amides is 1. The van der Waals surface area contributed by atoms with E-state index in [4.69, 9.17) is 4.74 Å². The van der Waals surface area contributed by atoms with Crippen LogP contribution in [0.3, 0.4) is 0 Å². The molecule has 0 saturated heterocycles. The lowest BCUT2D eigenvalue weighted by atomic mass is 9.87. The largest absolute Gasteiger partial charge is 0.383 e. The van der Waals surface area contributed by atoms with Crippen LogP contribution in [-0.2, 0) is 10.2 Å². The van der Waals surface area contributed by atoms with E-state index in [1.807, 2.05) is 36.4 Å². The highest BCUT2D eigenvalue weighted by Gasteiger charge is 2.14. The van der Waals surface area contributed by atoms with Gasteiger partial charge in [-0.05, 0) is 35.2 Å². The van der Waals surface area contributed by atoms with Gasteiger partial charge in [0.1, 0.15) is 5.82 Å². The first-order valence-electron chi connectivity index (χ1n) is 8.01. The first kappa shape index (κ1) is 17.9. The number of carbonyl (C=O) groups is 1. The van der Waals surface area contributed by atoms with Crippen LogP contribution in [0, 0.1) is 0 Å². The lowest BCUT2D eigenvalue weighted by Gasteiger charge is -2.19. The number of nitrogens with zero attached hydrogens (tertiary/aromatic N) is 1. The standard InChI is InChI=1S/C19H25N3O2/c1-19(2,3)15-7-5-14(6-8-15)18(23)22-16-9-10-17(21-13-16)20-11-12-24-4/h5-10,13H,11-12H2,1-4H3,(H,20,21)(H,22,23). The molecule has 2 rings (SSSR count). The number of hydrogen-bond acceptors (Lipinski definition) is 4. The Morgan fingerprint density at radius 3 is 2.38 bits per heavy atom. The first-order valence-corrected chi connectivity index (χ1v) is 8.01. The molecule has 0 aliphatic heterocycles. The van der Waals surface area contributed by atoms with Gasteiger partial charge in [0.05, 0.1) is 18.5 Å². The summed E-state index contributed by atoms with van der Waals surface area (Å²) in [7, 11) is 1.65. The Balaban J connectivity index is 1.96. The molecule has 5 nitrogen and oxygen atoms in total. The number of aromatic nitrogens is 1. The van der Waals surface area contributed by atoms with Crippen LogP contribution < -0.4 is 10.6 Å². The summed E-state index contributed by atoms with van der Waals surface area (Å²) in [6, 6.07) is 11.3. The van der Waals surface area contributed by atoms with Gasteiger partial charge in [-0.15, -0.1) is 0 Å². The number of benzene rings is 1. The predicted molar refractivity (Wildman–Crippen MR) is 97.7 cm³/mol. The third kappa shape index (κ3) is 5.06. The lowest BCUT2D eigenvalue weighted by Crippen LogP contribution is -2.14. The minimum absolute atomic E-state index is 0.0740. The summed E-state index contributed by atoms with van der Waals surface area (Å²) in [5, 5.41) is 5.99. The van der Waals surface area contributed by atoms with Gasteiger partial charge in [-0.1, -0.05) is 32.9 Å². The van der Waals surface area contributed by atoms with Crippen molar-refractivity contribution in [3.8, 4) is 0 Å². The van der Waals surface area contributed by atoms with E-state index in [2.05, 4.69) is 36.4 Å². The number of methoxy groups -OCH3 is 1. The van der Waals surface area contributed by atoms with Crippen molar-refractivity contribution >= 4 is 17.4 Å². The van der Waals surface area contributed by atoms with Crippen LogP contribution in [-0.4, -0.2) is 31.2 Å². The second-order valence-corrected chi connectivity index (χ2v) is 6.63. The highest BCUT2D eigenvalue weighted by Crippen LogP contribution is 2.22. The molecule has 0 unspecified atom stereocenters. The number of pyridine rings is 1. The second kappa shape index (κ2) is 7.93. The molecule has 0 saturated carbocycles. The van der Waals surface area contributed by atoms with Crippen molar-refractivity contribution in [2.45, 2.75) is 26.2 Å². The van der Waals surface area contributed by atoms with Gasteiger partial charge in [0.15, 0.2) is 0 Å². The maximum absolute atomic E-state index is 12.3. The van der Waals surface area contributed by atoms with Crippen molar-refractivity contribution in [1.29, 1.82) is 0 Å². The van der Waals surface area contributed by atoms with E-state index in [1.165, 1.54) is 5.56 Å². The molecule has 0 radical (unpaired) electrons. The maximum Gasteiger partial charge on any atom is 0.255 e. The fraction of sp³-hybridized carbons (Fsp3) is 0.368. The molecule has 0 aliphatic carbocycles. The number of nitrogens with one attached hydrogen (secondary N) is 2. The molecule has 1 heterocycles.